The standard InChI is InChI=1S/C22H23ClN8O2.2C2HF3O2/c1-11-15(23)7-14(12(2)29-21-18-20(25-9-24-18)26-10-27-21)19(33-5)17(11)16-6-13(8-28-30-16)22(32)31(3)4;2*3-2(4,5)1(6)7/h6-10,12H,1-5H3,(H2,24,25,26,27,29);2*(H,6,7). The molecule has 4 rings (SSSR count). The van der Waals surface area contributed by atoms with Crippen molar-refractivity contribution in [2.45, 2.75) is 32.2 Å². The van der Waals surface area contributed by atoms with Crippen LogP contribution in [0.2, 0.25) is 5.02 Å². The van der Waals surface area contributed by atoms with Gasteiger partial charge < -0.3 is 30.2 Å². The van der Waals surface area contributed by atoms with Gasteiger partial charge in [0.2, 0.25) is 0 Å². The predicted octanol–water partition coefficient (Wildman–Crippen LogP) is 4.92. The third kappa shape index (κ3) is 9.86. The van der Waals surface area contributed by atoms with Crippen LogP contribution in [0.5, 0.6) is 5.75 Å². The van der Waals surface area contributed by atoms with E-state index in [0.29, 0.717) is 44.6 Å². The molecule has 3 aromatic heterocycles. The number of benzene rings is 1. The van der Waals surface area contributed by atoms with Gasteiger partial charge in [0.15, 0.2) is 11.5 Å². The van der Waals surface area contributed by atoms with Gasteiger partial charge in [-0.25, -0.2) is 24.5 Å². The fourth-order valence-electron chi connectivity index (χ4n) is 3.61. The van der Waals surface area contributed by atoms with Crippen LogP contribution in [0.25, 0.3) is 22.4 Å². The number of carboxylic acids is 2. The largest absolute Gasteiger partial charge is 0.496 e. The summed E-state index contributed by atoms with van der Waals surface area (Å²) in [6.07, 6.45) is -5.70. The molecule has 1 unspecified atom stereocenters. The van der Waals surface area contributed by atoms with E-state index >= 15 is 0 Å². The SMILES string of the molecule is COc1c(C(C)Nc2ncnc3[nH]cnc23)cc(Cl)c(C)c1-c1cc(C(=O)N(C)C)cnn1.O=C(O)C(F)(F)F.O=C(O)C(F)(F)F. The van der Waals surface area contributed by atoms with Crippen molar-refractivity contribution >= 4 is 46.4 Å². The van der Waals surface area contributed by atoms with E-state index in [0.717, 1.165) is 11.1 Å². The van der Waals surface area contributed by atoms with E-state index in [1.807, 2.05) is 19.9 Å². The van der Waals surface area contributed by atoms with Crippen LogP contribution < -0.4 is 10.1 Å². The maximum absolute atomic E-state index is 12.5. The average Bonchev–Trinajstić information content (AvgIpc) is 3.47. The van der Waals surface area contributed by atoms with E-state index in [4.69, 9.17) is 36.1 Å². The lowest BCUT2D eigenvalue weighted by Crippen LogP contribution is -2.22. The van der Waals surface area contributed by atoms with Crippen molar-refractivity contribution in [1.82, 2.24) is 35.0 Å². The van der Waals surface area contributed by atoms with Crippen LogP contribution in [-0.4, -0.2) is 96.6 Å². The Kier molecular flexibility index (Phi) is 12.4. The molecule has 0 bridgehead atoms. The Hall–Kier alpha value is -5.27. The maximum atomic E-state index is 12.5. The van der Waals surface area contributed by atoms with Gasteiger partial charge in [-0.2, -0.15) is 36.5 Å². The number of methoxy groups -OCH3 is 1. The van der Waals surface area contributed by atoms with E-state index in [1.165, 1.54) is 17.4 Å². The monoisotopic (exact) mass is 694 g/mol. The minimum Gasteiger partial charge on any atom is -0.496 e. The summed E-state index contributed by atoms with van der Waals surface area (Å²) >= 11 is 6.63. The molecule has 1 amide bonds. The first kappa shape index (κ1) is 37.9. The second kappa shape index (κ2) is 15.3. The molecule has 0 saturated heterocycles. The summed E-state index contributed by atoms with van der Waals surface area (Å²) in [6, 6.07) is 3.28. The lowest BCUT2D eigenvalue weighted by Gasteiger charge is -2.22. The molecule has 0 radical (unpaired) electrons. The van der Waals surface area contributed by atoms with Gasteiger partial charge in [-0.1, -0.05) is 11.6 Å². The number of rotatable bonds is 6. The van der Waals surface area contributed by atoms with Crippen LogP contribution in [0.15, 0.2) is 31.0 Å². The van der Waals surface area contributed by atoms with E-state index in [-0.39, 0.29) is 11.9 Å². The highest BCUT2D eigenvalue weighted by Gasteiger charge is 2.39. The predicted molar refractivity (Wildman–Crippen MR) is 153 cm³/mol. The molecule has 4 aromatic rings. The number of ether oxygens (including phenoxy) is 1. The molecule has 1 aromatic carbocycles. The van der Waals surface area contributed by atoms with Gasteiger partial charge in [0.1, 0.15) is 17.6 Å². The number of halogens is 7. The van der Waals surface area contributed by atoms with Crippen molar-refractivity contribution in [3.8, 4) is 17.0 Å². The summed E-state index contributed by atoms with van der Waals surface area (Å²) in [5, 5.41) is 26.5. The Balaban J connectivity index is 0.000000459. The highest BCUT2D eigenvalue weighted by atomic mass is 35.5. The molecule has 0 aliphatic rings. The summed E-state index contributed by atoms with van der Waals surface area (Å²) in [5.74, 6) is -4.53. The van der Waals surface area contributed by atoms with E-state index in [2.05, 4.69) is 35.5 Å². The van der Waals surface area contributed by atoms with Crippen molar-refractivity contribution in [1.29, 1.82) is 0 Å². The minimum absolute atomic E-state index is 0.174. The Morgan fingerprint density at radius 3 is 2.11 bits per heavy atom. The summed E-state index contributed by atoms with van der Waals surface area (Å²) in [4.78, 5) is 47.5. The van der Waals surface area contributed by atoms with Gasteiger partial charge in [0.25, 0.3) is 5.91 Å². The van der Waals surface area contributed by atoms with Crippen LogP contribution >= 0.6 is 11.6 Å². The van der Waals surface area contributed by atoms with E-state index in [1.54, 1.807) is 33.6 Å². The number of carboxylic acid groups (broad SMARTS) is 2. The highest BCUT2D eigenvalue weighted by Crippen LogP contribution is 2.42. The van der Waals surface area contributed by atoms with Gasteiger partial charge >= 0.3 is 24.3 Å². The molecule has 1 atom stereocenters. The quantitative estimate of drug-likeness (QED) is 0.199. The zero-order chi connectivity index (χ0) is 35.9. The molecular weight excluding hydrogens is 670 g/mol. The molecule has 0 fully saturated rings. The first-order chi connectivity index (χ1) is 21.7. The van der Waals surface area contributed by atoms with Crippen LogP contribution in [0.3, 0.4) is 0 Å². The normalized spacial score (nSPS) is 11.7. The zero-order valence-electron chi connectivity index (χ0n) is 24.8. The van der Waals surface area contributed by atoms with Gasteiger partial charge in [-0.3, -0.25) is 4.79 Å². The molecule has 0 aliphatic heterocycles. The van der Waals surface area contributed by atoms with Gasteiger partial charge in [-0.15, -0.1) is 0 Å². The number of aromatic nitrogens is 6. The van der Waals surface area contributed by atoms with Crippen molar-refractivity contribution < 1.29 is 55.7 Å². The second-order valence-corrected chi connectivity index (χ2v) is 9.71. The Bertz CT molecular complexity index is 1730. The Labute approximate surface area is 265 Å². The first-order valence-corrected chi connectivity index (χ1v) is 13.0. The van der Waals surface area contributed by atoms with Crippen molar-refractivity contribution in [3.05, 3.63) is 52.7 Å². The van der Waals surface area contributed by atoms with Crippen molar-refractivity contribution in [3.63, 3.8) is 0 Å². The minimum atomic E-state index is -5.08. The van der Waals surface area contributed by atoms with E-state index < -0.39 is 24.3 Å². The number of H-pyrrole nitrogens is 1. The number of amides is 1. The molecule has 0 saturated carbocycles. The third-order valence-corrected chi connectivity index (χ3v) is 6.19. The number of anilines is 1. The molecule has 254 valence electrons. The van der Waals surface area contributed by atoms with Gasteiger partial charge in [0, 0.05) is 30.2 Å². The number of carbonyl (C=O) groups excluding carboxylic acids is 1. The number of carbonyl (C=O) groups is 3. The molecule has 47 heavy (non-hydrogen) atoms. The smallest absolute Gasteiger partial charge is 0.490 e. The molecule has 0 aliphatic carbocycles. The molecule has 21 heteroatoms. The summed E-state index contributed by atoms with van der Waals surface area (Å²) in [6.45, 7) is 3.84. The molecule has 14 nitrogen and oxygen atoms in total. The number of imidazole rings is 1. The number of nitrogens with zero attached hydrogens (tertiary/aromatic N) is 6. The molecular formula is C26H25ClF6N8O6. The highest BCUT2D eigenvalue weighted by molar-refractivity contribution is 6.32. The summed E-state index contributed by atoms with van der Waals surface area (Å²) in [5.41, 5.74) is 4.39. The lowest BCUT2D eigenvalue weighted by molar-refractivity contribution is -0.193. The van der Waals surface area contributed by atoms with Crippen LogP contribution in [-0.2, 0) is 9.59 Å². The van der Waals surface area contributed by atoms with Crippen LogP contribution in [0.4, 0.5) is 32.2 Å². The molecule has 0 spiro atoms. The lowest BCUT2D eigenvalue weighted by atomic mass is 9.96. The fraction of sp³-hybridized carbons (Fsp3) is 0.308. The maximum Gasteiger partial charge on any atom is 0.490 e. The Morgan fingerprint density at radius 1 is 1.02 bits per heavy atom. The Morgan fingerprint density at radius 2 is 1.60 bits per heavy atom. The third-order valence-electron chi connectivity index (χ3n) is 5.79. The number of aromatic amines is 1. The number of nitrogens with one attached hydrogen (secondary N) is 2. The number of hydrogen-bond acceptors (Lipinski definition) is 10. The van der Waals surface area contributed by atoms with Crippen molar-refractivity contribution in [2.75, 3.05) is 26.5 Å². The van der Waals surface area contributed by atoms with E-state index in [9.17, 15) is 31.1 Å². The summed E-state index contributed by atoms with van der Waals surface area (Å²) < 4.78 is 69.3. The van der Waals surface area contributed by atoms with Crippen molar-refractivity contribution in [2.24, 2.45) is 0 Å². The number of hydrogen-bond donors (Lipinski definition) is 4. The first-order valence-electron chi connectivity index (χ1n) is 12.6. The number of aliphatic carboxylic acids is 2. The van der Waals surface area contributed by atoms with Gasteiger partial charge in [0.05, 0.1) is 36.9 Å². The average molecular weight is 695 g/mol. The fourth-order valence-corrected chi connectivity index (χ4v) is 3.82. The summed E-state index contributed by atoms with van der Waals surface area (Å²) in [7, 11) is 4.95. The second-order valence-electron chi connectivity index (χ2n) is 9.30. The van der Waals surface area contributed by atoms with Gasteiger partial charge in [-0.05, 0) is 31.5 Å². The van der Waals surface area contributed by atoms with Crippen LogP contribution in [0, 0.1) is 6.92 Å². The number of alkyl halides is 6. The van der Waals surface area contributed by atoms with Crippen LogP contribution in [0.1, 0.15) is 34.5 Å². The number of fused-ring (bicyclic) bond motifs is 1. The zero-order valence-corrected chi connectivity index (χ0v) is 25.6. The molecule has 3 heterocycles. The topological polar surface area (TPSA) is 196 Å². The molecule has 4 N–H and O–H groups in total.